The van der Waals surface area contributed by atoms with Crippen molar-refractivity contribution in [3.8, 4) is 0 Å². The van der Waals surface area contributed by atoms with Gasteiger partial charge in [-0.1, -0.05) is 0 Å². The Morgan fingerprint density at radius 3 is 2.79 bits per heavy atom. The number of rotatable bonds is 4. The number of aryl methyl sites for hydroxylation is 1. The summed E-state index contributed by atoms with van der Waals surface area (Å²) in [5.74, 6) is -0.158. The molecular formula is C12H14N2O5. The van der Waals surface area contributed by atoms with Gasteiger partial charge < -0.3 is 15.1 Å². The number of nitrogens with zero attached hydrogens (tertiary/aromatic N) is 2. The van der Waals surface area contributed by atoms with E-state index in [2.05, 4.69) is 0 Å². The number of benzene rings is 1. The van der Waals surface area contributed by atoms with Crippen molar-refractivity contribution >= 4 is 17.3 Å². The zero-order valence-electron chi connectivity index (χ0n) is 10.2. The third kappa shape index (κ3) is 2.72. The molecule has 7 nitrogen and oxygen atoms in total. The molecule has 0 spiro atoms. The fourth-order valence-corrected chi connectivity index (χ4v) is 2.13. The van der Waals surface area contributed by atoms with E-state index in [1.807, 2.05) is 0 Å². The molecule has 1 aliphatic rings. The highest BCUT2D eigenvalue weighted by Crippen LogP contribution is 2.31. The lowest BCUT2D eigenvalue weighted by atomic mass is 10.00. The molecule has 1 aliphatic heterocycles. The summed E-state index contributed by atoms with van der Waals surface area (Å²) in [6.07, 6.45) is -0.335. The highest BCUT2D eigenvalue weighted by atomic mass is 16.6. The Morgan fingerprint density at radius 2 is 2.16 bits per heavy atom. The van der Waals surface area contributed by atoms with Crippen LogP contribution in [-0.4, -0.2) is 40.3 Å². The van der Waals surface area contributed by atoms with Crippen LogP contribution in [0.5, 0.6) is 0 Å². The minimum Gasteiger partial charge on any atom is -0.394 e. The number of aliphatic hydroxyl groups is 2. The van der Waals surface area contributed by atoms with Gasteiger partial charge in [-0.15, -0.1) is 0 Å². The van der Waals surface area contributed by atoms with Crippen molar-refractivity contribution < 1.29 is 19.9 Å². The first-order valence-corrected chi connectivity index (χ1v) is 5.89. The second-order valence-corrected chi connectivity index (χ2v) is 4.41. The number of fused-ring (bicyclic) bond motifs is 1. The number of nitro benzene ring substituents is 1. The van der Waals surface area contributed by atoms with Gasteiger partial charge in [0.05, 0.1) is 24.2 Å². The Labute approximate surface area is 109 Å². The molecule has 0 saturated heterocycles. The topological polar surface area (TPSA) is 104 Å². The molecule has 102 valence electrons. The molecule has 0 aliphatic carbocycles. The number of aliphatic hydroxyl groups excluding tert-OH is 2. The van der Waals surface area contributed by atoms with E-state index in [0.29, 0.717) is 17.7 Å². The summed E-state index contributed by atoms with van der Waals surface area (Å²) >= 11 is 0. The zero-order chi connectivity index (χ0) is 14.0. The van der Waals surface area contributed by atoms with Crippen LogP contribution in [0.3, 0.4) is 0 Å². The van der Waals surface area contributed by atoms with Crippen LogP contribution >= 0.6 is 0 Å². The van der Waals surface area contributed by atoms with Crippen LogP contribution in [0.2, 0.25) is 0 Å². The van der Waals surface area contributed by atoms with E-state index in [1.165, 1.54) is 23.1 Å². The van der Waals surface area contributed by atoms with E-state index >= 15 is 0 Å². The molecule has 19 heavy (non-hydrogen) atoms. The molecule has 0 saturated carbocycles. The smallest absolute Gasteiger partial charge is 0.269 e. The second kappa shape index (κ2) is 5.33. The van der Waals surface area contributed by atoms with E-state index in [-0.39, 0.29) is 24.6 Å². The summed E-state index contributed by atoms with van der Waals surface area (Å²) in [7, 11) is 0. The predicted molar refractivity (Wildman–Crippen MR) is 66.9 cm³/mol. The van der Waals surface area contributed by atoms with E-state index in [1.54, 1.807) is 0 Å². The van der Waals surface area contributed by atoms with Gasteiger partial charge in [-0.25, -0.2) is 0 Å². The lowest BCUT2D eigenvalue weighted by molar-refractivity contribution is -0.384. The first-order chi connectivity index (χ1) is 9.02. The Morgan fingerprint density at radius 1 is 1.42 bits per heavy atom. The van der Waals surface area contributed by atoms with Crippen LogP contribution in [0.15, 0.2) is 18.2 Å². The molecule has 2 N–H and O–H groups in total. The normalized spacial score (nSPS) is 16.1. The highest BCUT2D eigenvalue weighted by molar-refractivity contribution is 5.96. The first kappa shape index (κ1) is 13.4. The third-order valence-corrected chi connectivity index (χ3v) is 3.08. The molecule has 2 rings (SSSR count). The molecule has 1 amide bonds. The molecular weight excluding hydrogens is 252 g/mol. The summed E-state index contributed by atoms with van der Waals surface area (Å²) in [5, 5.41) is 29.0. The van der Waals surface area contributed by atoms with Crippen molar-refractivity contribution in [2.45, 2.75) is 18.9 Å². The van der Waals surface area contributed by atoms with Crippen molar-refractivity contribution in [2.75, 3.05) is 18.1 Å². The summed E-state index contributed by atoms with van der Waals surface area (Å²) in [5.41, 5.74) is 1.25. The quantitative estimate of drug-likeness (QED) is 0.599. The molecule has 1 aromatic rings. The van der Waals surface area contributed by atoms with Crippen LogP contribution in [-0.2, 0) is 11.2 Å². The van der Waals surface area contributed by atoms with Crippen LogP contribution < -0.4 is 4.90 Å². The molecule has 1 unspecified atom stereocenters. The molecule has 7 heteroatoms. The minimum absolute atomic E-state index is 0.0137. The van der Waals surface area contributed by atoms with Gasteiger partial charge in [-0.05, 0) is 18.1 Å². The molecule has 1 heterocycles. The first-order valence-electron chi connectivity index (χ1n) is 5.89. The van der Waals surface area contributed by atoms with Crippen molar-refractivity contribution in [3.05, 3.63) is 33.9 Å². The number of anilines is 1. The van der Waals surface area contributed by atoms with Gasteiger partial charge >= 0.3 is 0 Å². The zero-order valence-corrected chi connectivity index (χ0v) is 10.2. The minimum atomic E-state index is -1.02. The Hall–Kier alpha value is -1.99. The maximum absolute atomic E-state index is 11.8. The number of hydrogen-bond donors (Lipinski definition) is 2. The lowest BCUT2D eigenvalue weighted by Gasteiger charge is -2.30. The SMILES string of the molecule is O=C1CCc2cc([N+](=O)[O-])ccc2N1CC(O)CO. The van der Waals surface area contributed by atoms with Crippen LogP contribution in [0.25, 0.3) is 0 Å². The van der Waals surface area contributed by atoms with E-state index in [0.717, 1.165) is 0 Å². The number of amides is 1. The maximum Gasteiger partial charge on any atom is 0.269 e. The van der Waals surface area contributed by atoms with E-state index < -0.39 is 17.6 Å². The van der Waals surface area contributed by atoms with Crippen molar-refractivity contribution in [1.82, 2.24) is 0 Å². The highest BCUT2D eigenvalue weighted by Gasteiger charge is 2.27. The maximum atomic E-state index is 11.8. The summed E-state index contributed by atoms with van der Waals surface area (Å²) in [4.78, 5) is 23.4. The van der Waals surface area contributed by atoms with E-state index in [4.69, 9.17) is 5.11 Å². The number of non-ortho nitro benzene ring substituents is 1. The number of carbonyl (C=O) groups is 1. The van der Waals surface area contributed by atoms with Gasteiger partial charge in [0.2, 0.25) is 5.91 Å². The van der Waals surface area contributed by atoms with Crippen LogP contribution in [0.1, 0.15) is 12.0 Å². The van der Waals surface area contributed by atoms with Gasteiger partial charge in [0.15, 0.2) is 0 Å². The van der Waals surface area contributed by atoms with Crippen LogP contribution in [0.4, 0.5) is 11.4 Å². The monoisotopic (exact) mass is 266 g/mol. The largest absolute Gasteiger partial charge is 0.394 e. The Balaban J connectivity index is 2.33. The molecule has 1 aromatic carbocycles. The molecule has 0 radical (unpaired) electrons. The Bertz CT molecular complexity index is 517. The number of hydrogen-bond acceptors (Lipinski definition) is 5. The second-order valence-electron chi connectivity index (χ2n) is 4.41. The van der Waals surface area contributed by atoms with Gasteiger partial charge in [0.1, 0.15) is 0 Å². The van der Waals surface area contributed by atoms with E-state index in [9.17, 15) is 20.0 Å². The van der Waals surface area contributed by atoms with Crippen molar-refractivity contribution in [2.24, 2.45) is 0 Å². The fourth-order valence-electron chi connectivity index (χ4n) is 2.13. The number of carbonyl (C=O) groups excluding carboxylic acids is 1. The number of β-amino-alcohol motifs (C(OH)–C–C–N with tert-alkyl or cyclic N) is 1. The van der Waals surface area contributed by atoms with Crippen molar-refractivity contribution in [3.63, 3.8) is 0 Å². The standard InChI is InChI=1S/C12H14N2O5/c15-7-10(16)6-13-11-3-2-9(14(18)19)5-8(11)1-4-12(13)17/h2-3,5,10,15-16H,1,4,6-7H2. The Kier molecular flexibility index (Phi) is 3.77. The fraction of sp³-hybridized carbons (Fsp3) is 0.417. The van der Waals surface area contributed by atoms with Gasteiger partial charge in [0, 0.05) is 24.2 Å². The number of nitro groups is 1. The summed E-state index contributed by atoms with van der Waals surface area (Å²) < 4.78 is 0. The van der Waals surface area contributed by atoms with Gasteiger partial charge in [0.25, 0.3) is 5.69 Å². The predicted octanol–water partition coefficient (Wildman–Crippen LogP) is 0.227. The summed E-state index contributed by atoms with van der Waals surface area (Å²) in [6.45, 7) is -0.452. The summed E-state index contributed by atoms with van der Waals surface area (Å²) in [6, 6.07) is 4.28. The molecule has 1 atom stereocenters. The van der Waals surface area contributed by atoms with Crippen LogP contribution in [0, 0.1) is 10.1 Å². The third-order valence-electron chi connectivity index (χ3n) is 3.08. The van der Waals surface area contributed by atoms with Crippen molar-refractivity contribution in [1.29, 1.82) is 0 Å². The average molecular weight is 266 g/mol. The molecule has 0 bridgehead atoms. The average Bonchev–Trinajstić information content (AvgIpc) is 2.41. The lowest BCUT2D eigenvalue weighted by Crippen LogP contribution is -2.41. The van der Waals surface area contributed by atoms with Gasteiger partial charge in [-0.3, -0.25) is 14.9 Å². The molecule has 0 fully saturated rings. The van der Waals surface area contributed by atoms with Gasteiger partial charge in [-0.2, -0.15) is 0 Å². The molecule has 0 aromatic heterocycles.